The standard InChI is InChI=1S/C8H12N2O2/c1-8(2,6-7(11)12)10-5-3-4-9-10/h3-5H,6H2,1-2H3,(H,11,12). The molecule has 1 heterocycles. The molecule has 1 rings (SSSR count). The first kappa shape index (κ1) is 8.77. The second kappa shape index (κ2) is 2.97. The van der Waals surface area contributed by atoms with E-state index in [0.29, 0.717) is 0 Å². The van der Waals surface area contributed by atoms with Crippen LogP contribution >= 0.6 is 0 Å². The summed E-state index contributed by atoms with van der Waals surface area (Å²) in [4.78, 5) is 10.5. The minimum absolute atomic E-state index is 0.0781. The van der Waals surface area contributed by atoms with Gasteiger partial charge in [-0.15, -0.1) is 0 Å². The van der Waals surface area contributed by atoms with Gasteiger partial charge < -0.3 is 5.11 Å². The molecule has 0 aromatic carbocycles. The first-order valence-electron chi connectivity index (χ1n) is 3.74. The topological polar surface area (TPSA) is 55.1 Å². The van der Waals surface area contributed by atoms with Crippen LogP contribution in [0.1, 0.15) is 20.3 Å². The van der Waals surface area contributed by atoms with E-state index in [1.807, 2.05) is 13.8 Å². The van der Waals surface area contributed by atoms with Crippen LogP contribution in [0.5, 0.6) is 0 Å². The maximum absolute atomic E-state index is 10.5. The minimum atomic E-state index is -0.810. The third-order valence-electron chi connectivity index (χ3n) is 1.71. The Morgan fingerprint density at radius 2 is 2.33 bits per heavy atom. The van der Waals surface area contributed by atoms with E-state index in [1.54, 1.807) is 23.1 Å². The van der Waals surface area contributed by atoms with Gasteiger partial charge in [-0.1, -0.05) is 0 Å². The van der Waals surface area contributed by atoms with Crippen molar-refractivity contribution >= 4 is 5.97 Å². The van der Waals surface area contributed by atoms with Crippen molar-refractivity contribution in [2.75, 3.05) is 0 Å². The molecule has 1 aromatic heterocycles. The van der Waals surface area contributed by atoms with Gasteiger partial charge in [-0.3, -0.25) is 9.48 Å². The number of hydrogen-bond donors (Lipinski definition) is 1. The Morgan fingerprint density at radius 3 is 2.75 bits per heavy atom. The molecule has 0 aliphatic heterocycles. The molecule has 0 spiro atoms. The molecule has 1 aromatic rings. The highest BCUT2D eigenvalue weighted by Gasteiger charge is 2.23. The molecule has 0 radical (unpaired) electrons. The lowest BCUT2D eigenvalue weighted by atomic mass is 10.0. The smallest absolute Gasteiger partial charge is 0.305 e. The van der Waals surface area contributed by atoms with E-state index in [0.717, 1.165) is 0 Å². The molecular formula is C8H12N2O2. The number of nitrogens with zero attached hydrogens (tertiary/aromatic N) is 2. The Morgan fingerprint density at radius 1 is 1.67 bits per heavy atom. The summed E-state index contributed by atoms with van der Waals surface area (Å²) in [5, 5.41) is 12.6. The third-order valence-corrected chi connectivity index (χ3v) is 1.71. The number of carboxylic acids is 1. The molecule has 0 aliphatic rings. The molecule has 0 saturated carbocycles. The summed E-state index contributed by atoms with van der Waals surface area (Å²) in [7, 11) is 0. The van der Waals surface area contributed by atoms with Crippen molar-refractivity contribution in [1.29, 1.82) is 0 Å². The lowest BCUT2D eigenvalue weighted by Gasteiger charge is -2.22. The van der Waals surface area contributed by atoms with Crippen molar-refractivity contribution in [2.45, 2.75) is 25.8 Å². The molecular weight excluding hydrogens is 156 g/mol. The van der Waals surface area contributed by atoms with Gasteiger partial charge >= 0.3 is 5.97 Å². The number of carbonyl (C=O) groups is 1. The SMILES string of the molecule is CC(C)(CC(=O)O)n1cccn1. The molecule has 66 valence electrons. The highest BCUT2D eigenvalue weighted by molar-refractivity contribution is 5.67. The van der Waals surface area contributed by atoms with Gasteiger partial charge in [0.15, 0.2) is 0 Å². The van der Waals surface area contributed by atoms with Crippen molar-refractivity contribution in [3.05, 3.63) is 18.5 Å². The molecule has 4 nitrogen and oxygen atoms in total. The molecule has 0 bridgehead atoms. The largest absolute Gasteiger partial charge is 0.481 e. The van der Waals surface area contributed by atoms with E-state index >= 15 is 0 Å². The van der Waals surface area contributed by atoms with Gasteiger partial charge in [0, 0.05) is 12.4 Å². The van der Waals surface area contributed by atoms with Gasteiger partial charge in [0.05, 0.1) is 12.0 Å². The van der Waals surface area contributed by atoms with Crippen molar-refractivity contribution in [3.8, 4) is 0 Å². The third kappa shape index (κ3) is 1.84. The monoisotopic (exact) mass is 168 g/mol. The lowest BCUT2D eigenvalue weighted by Crippen LogP contribution is -2.29. The number of rotatable bonds is 3. The van der Waals surface area contributed by atoms with Crippen LogP contribution in [0.4, 0.5) is 0 Å². The van der Waals surface area contributed by atoms with Crippen LogP contribution in [0, 0.1) is 0 Å². The molecule has 0 fully saturated rings. The van der Waals surface area contributed by atoms with Gasteiger partial charge in [0.25, 0.3) is 0 Å². The van der Waals surface area contributed by atoms with Crippen molar-refractivity contribution < 1.29 is 9.90 Å². The second-order valence-electron chi connectivity index (χ2n) is 3.33. The number of carboxylic acid groups (broad SMARTS) is 1. The Balaban J connectivity index is 2.79. The highest BCUT2D eigenvalue weighted by Crippen LogP contribution is 2.17. The maximum atomic E-state index is 10.5. The van der Waals surface area contributed by atoms with E-state index in [9.17, 15) is 4.79 Å². The number of hydrogen-bond acceptors (Lipinski definition) is 2. The first-order valence-corrected chi connectivity index (χ1v) is 3.74. The summed E-state index contributed by atoms with van der Waals surface area (Å²) >= 11 is 0. The summed E-state index contributed by atoms with van der Waals surface area (Å²) in [6.07, 6.45) is 3.49. The zero-order valence-electron chi connectivity index (χ0n) is 7.19. The predicted octanol–water partition coefficient (Wildman–Crippen LogP) is 1.09. The molecule has 0 saturated heterocycles. The first-order chi connectivity index (χ1) is 5.52. The maximum Gasteiger partial charge on any atom is 0.305 e. The highest BCUT2D eigenvalue weighted by atomic mass is 16.4. The van der Waals surface area contributed by atoms with Gasteiger partial charge in [-0.25, -0.2) is 0 Å². The molecule has 4 heteroatoms. The zero-order valence-corrected chi connectivity index (χ0v) is 7.19. The second-order valence-corrected chi connectivity index (χ2v) is 3.33. The van der Waals surface area contributed by atoms with Crippen LogP contribution < -0.4 is 0 Å². The summed E-state index contributed by atoms with van der Waals surface area (Å²) < 4.78 is 1.65. The molecule has 0 aliphatic carbocycles. The summed E-state index contributed by atoms with van der Waals surface area (Å²) in [5.41, 5.74) is -0.449. The molecule has 0 atom stereocenters. The summed E-state index contributed by atoms with van der Waals surface area (Å²) in [5.74, 6) is -0.810. The normalized spacial score (nSPS) is 11.5. The minimum Gasteiger partial charge on any atom is -0.481 e. The van der Waals surface area contributed by atoms with Gasteiger partial charge in [-0.2, -0.15) is 5.10 Å². The van der Waals surface area contributed by atoms with Crippen molar-refractivity contribution in [1.82, 2.24) is 9.78 Å². The summed E-state index contributed by atoms with van der Waals surface area (Å²) in [6, 6.07) is 1.78. The fourth-order valence-corrected chi connectivity index (χ4v) is 1.08. The molecule has 0 amide bonds. The van der Waals surface area contributed by atoms with Crippen molar-refractivity contribution in [3.63, 3.8) is 0 Å². The Hall–Kier alpha value is -1.32. The van der Waals surface area contributed by atoms with Crippen LogP contribution in [0.25, 0.3) is 0 Å². The Kier molecular flexibility index (Phi) is 2.17. The van der Waals surface area contributed by atoms with E-state index < -0.39 is 11.5 Å². The van der Waals surface area contributed by atoms with Crippen LogP contribution in [0.3, 0.4) is 0 Å². The van der Waals surface area contributed by atoms with Crippen LogP contribution in [-0.2, 0) is 10.3 Å². The molecule has 1 N–H and O–H groups in total. The predicted molar refractivity (Wildman–Crippen MR) is 43.8 cm³/mol. The average Bonchev–Trinajstić information content (AvgIpc) is 2.32. The van der Waals surface area contributed by atoms with E-state index in [2.05, 4.69) is 5.10 Å². The zero-order chi connectivity index (χ0) is 9.19. The Bertz CT molecular complexity index is 265. The average molecular weight is 168 g/mol. The fraction of sp³-hybridized carbons (Fsp3) is 0.500. The van der Waals surface area contributed by atoms with Gasteiger partial charge in [0.2, 0.25) is 0 Å². The van der Waals surface area contributed by atoms with E-state index in [-0.39, 0.29) is 6.42 Å². The van der Waals surface area contributed by atoms with E-state index in [1.165, 1.54) is 0 Å². The molecule has 0 unspecified atom stereocenters. The summed E-state index contributed by atoms with van der Waals surface area (Å²) in [6.45, 7) is 3.68. The number of aromatic nitrogens is 2. The van der Waals surface area contributed by atoms with Crippen molar-refractivity contribution in [2.24, 2.45) is 0 Å². The quantitative estimate of drug-likeness (QED) is 0.735. The number of aliphatic carboxylic acids is 1. The van der Waals surface area contributed by atoms with Gasteiger partial charge in [0.1, 0.15) is 0 Å². The van der Waals surface area contributed by atoms with E-state index in [4.69, 9.17) is 5.11 Å². The van der Waals surface area contributed by atoms with Crippen LogP contribution in [-0.4, -0.2) is 20.9 Å². The lowest BCUT2D eigenvalue weighted by molar-refractivity contribution is -0.139. The van der Waals surface area contributed by atoms with Crippen LogP contribution in [0.15, 0.2) is 18.5 Å². The van der Waals surface area contributed by atoms with Crippen LogP contribution in [0.2, 0.25) is 0 Å². The Labute approximate surface area is 70.8 Å². The fourth-order valence-electron chi connectivity index (χ4n) is 1.08. The molecule has 12 heavy (non-hydrogen) atoms. The van der Waals surface area contributed by atoms with Gasteiger partial charge in [-0.05, 0) is 19.9 Å².